The molecule has 1 unspecified atom stereocenters. The van der Waals surface area contributed by atoms with E-state index in [4.69, 9.17) is 9.47 Å². The van der Waals surface area contributed by atoms with Crippen LogP contribution in [0.3, 0.4) is 0 Å². The summed E-state index contributed by atoms with van der Waals surface area (Å²) in [6, 6.07) is 10.9. The van der Waals surface area contributed by atoms with Gasteiger partial charge in [0.1, 0.15) is 12.7 Å². The number of ether oxygens (including phenoxy) is 2. The Labute approximate surface area is 212 Å². The van der Waals surface area contributed by atoms with Gasteiger partial charge in [-0.2, -0.15) is 4.39 Å². The SMILES string of the molecule is CCOC(=O)CCc1cc(F)c(F)c(OCC(O)CNC(C)(C)CC2Cc3ccccc3C2)c1.Cl. The standard InChI is InChI=1S/C27H35F2NO4.ClH/c1-4-33-25(32)10-9-18-13-23(28)26(29)24(14-18)34-17-22(31)16-30-27(2,3)15-19-11-20-7-5-6-8-21(20)12-19;/h5-8,13-14,19,22,30-31H,4,9-12,15-17H2,1-3H3;1H. The molecule has 1 aliphatic rings. The number of benzene rings is 2. The molecule has 0 spiro atoms. The fourth-order valence-electron chi connectivity index (χ4n) is 4.57. The molecule has 2 aromatic carbocycles. The summed E-state index contributed by atoms with van der Waals surface area (Å²) in [6.07, 6.45) is 2.44. The number of aryl methyl sites for hydroxylation is 1. The molecular weight excluding hydrogens is 476 g/mol. The molecule has 0 heterocycles. The first-order chi connectivity index (χ1) is 16.2. The lowest BCUT2D eigenvalue weighted by Crippen LogP contribution is -2.46. The Morgan fingerprint density at radius 1 is 1.20 bits per heavy atom. The molecular formula is C27H36ClF2NO4. The van der Waals surface area contributed by atoms with E-state index in [0.717, 1.165) is 25.3 Å². The van der Waals surface area contributed by atoms with Gasteiger partial charge in [-0.1, -0.05) is 24.3 Å². The third kappa shape index (κ3) is 8.74. The number of rotatable bonds is 12. The van der Waals surface area contributed by atoms with Gasteiger partial charge in [0.05, 0.1) is 6.61 Å². The number of aliphatic hydroxyl groups is 1. The Morgan fingerprint density at radius 2 is 1.86 bits per heavy atom. The molecule has 1 aliphatic carbocycles. The summed E-state index contributed by atoms with van der Waals surface area (Å²) < 4.78 is 38.4. The van der Waals surface area contributed by atoms with Crippen molar-refractivity contribution in [2.45, 2.75) is 64.5 Å². The third-order valence-electron chi connectivity index (χ3n) is 6.16. The second-order valence-corrected chi connectivity index (χ2v) is 9.67. The van der Waals surface area contributed by atoms with E-state index in [-0.39, 0.29) is 56.3 Å². The quantitative estimate of drug-likeness (QED) is 0.401. The fourth-order valence-corrected chi connectivity index (χ4v) is 4.57. The van der Waals surface area contributed by atoms with Gasteiger partial charge in [-0.05, 0) is 81.2 Å². The molecule has 0 bridgehead atoms. The Hall–Kier alpha value is -2.22. The minimum Gasteiger partial charge on any atom is -0.488 e. The zero-order chi connectivity index (χ0) is 24.7. The van der Waals surface area contributed by atoms with E-state index in [0.29, 0.717) is 11.5 Å². The van der Waals surface area contributed by atoms with Crippen molar-refractivity contribution in [1.82, 2.24) is 5.32 Å². The molecule has 0 fully saturated rings. The molecule has 3 rings (SSSR count). The van der Waals surface area contributed by atoms with E-state index in [9.17, 15) is 18.7 Å². The number of carbonyl (C=O) groups is 1. The molecule has 0 saturated carbocycles. The van der Waals surface area contributed by atoms with Crippen molar-refractivity contribution in [2.75, 3.05) is 19.8 Å². The molecule has 35 heavy (non-hydrogen) atoms. The summed E-state index contributed by atoms with van der Waals surface area (Å²) in [7, 11) is 0. The smallest absolute Gasteiger partial charge is 0.306 e. The summed E-state index contributed by atoms with van der Waals surface area (Å²) in [4.78, 5) is 11.5. The topological polar surface area (TPSA) is 67.8 Å². The lowest BCUT2D eigenvalue weighted by atomic mass is 9.88. The number of nitrogens with one attached hydrogen (secondary N) is 1. The summed E-state index contributed by atoms with van der Waals surface area (Å²) in [5.41, 5.74) is 3.05. The van der Waals surface area contributed by atoms with Crippen LogP contribution in [0.1, 0.15) is 50.3 Å². The van der Waals surface area contributed by atoms with Gasteiger partial charge in [-0.3, -0.25) is 4.79 Å². The van der Waals surface area contributed by atoms with Crippen LogP contribution in [0.15, 0.2) is 36.4 Å². The number of carbonyl (C=O) groups excluding carboxylic acids is 1. The number of fused-ring (bicyclic) bond motifs is 1. The number of halogens is 3. The van der Waals surface area contributed by atoms with Crippen molar-refractivity contribution in [3.63, 3.8) is 0 Å². The maximum absolute atomic E-state index is 14.2. The second-order valence-electron chi connectivity index (χ2n) is 9.67. The van der Waals surface area contributed by atoms with Gasteiger partial charge in [0, 0.05) is 18.5 Å². The monoisotopic (exact) mass is 511 g/mol. The normalized spacial score (nSPS) is 14.2. The Morgan fingerprint density at radius 3 is 2.49 bits per heavy atom. The first-order valence-corrected chi connectivity index (χ1v) is 11.9. The second kappa shape index (κ2) is 13.2. The van der Waals surface area contributed by atoms with Crippen LogP contribution in [-0.2, 0) is 28.8 Å². The van der Waals surface area contributed by atoms with Crippen LogP contribution in [0.4, 0.5) is 8.78 Å². The molecule has 0 amide bonds. The zero-order valence-electron chi connectivity index (χ0n) is 20.6. The minimum atomic E-state index is -1.11. The molecule has 5 nitrogen and oxygen atoms in total. The fraction of sp³-hybridized carbons (Fsp3) is 0.519. The maximum atomic E-state index is 14.2. The lowest BCUT2D eigenvalue weighted by Gasteiger charge is -2.30. The highest BCUT2D eigenvalue weighted by Crippen LogP contribution is 2.32. The Bertz CT molecular complexity index is 961. The van der Waals surface area contributed by atoms with E-state index in [2.05, 4.69) is 43.4 Å². The van der Waals surface area contributed by atoms with Crippen LogP contribution in [0.2, 0.25) is 0 Å². The van der Waals surface area contributed by atoms with Gasteiger partial charge in [0.25, 0.3) is 0 Å². The van der Waals surface area contributed by atoms with Crippen molar-refractivity contribution in [1.29, 1.82) is 0 Å². The maximum Gasteiger partial charge on any atom is 0.306 e. The molecule has 0 saturated heterocycles. The molecule has 2 N–H and O–H groups in total. The van der Waals surface area contributed by atoms with Gasteiger partial charge >= 0.3 is 5.97 Å². The lowest BCUT2D eigenvalue weighted by molar-refractivity contribution is -0.143. The van der Waals surface area contributed by atoms with Crippen molar-refractivity contribution in [3.8, 4) is 5.75 Å². The highest BCUT2D eigenvalue weighted by atomic mass is 35.5. The van der Waals surface area contributed by atoms with Gasteiger partial charge in [0.15, 0.2) is 11.6 Å². The van der Waals surface area contributed by atoms with Crippen molar-refractivity contribution in [3.05, 3.63) is 64.7 Å². The van der Waals surface area contributed by atoms with Gasteiger partial charge < -0.3 is 19.9 Å². The molecule has 194 valence electrons. The van der Waals surface area contributed by atoms with Crippen molar-refractivity contribution >= 4 is 18.4 Å². The number of hydrogen-bond donors (Lipinski definition) is 2. The first kappa shape index (κ1) is 29.0. The van der Waals surface area contributed by atoms with Gasteiger partial charge in [-0.25, -0.2) is 4.39 Å². The highest BCUT2D eigenvalue weighted by molar-refractivity contribution is 5.85. The molecule has 1 atom stereocenters. The van der Waals surface area contributed by atoms with E-state index in [1.807, 2.05) is 0 Å². The van der Waals surface area contributed by atoms with Crippen LogP contribution in [-0.4, -0.2) is 42.5 Å². The predicted octanol–water partition coefficient (Wildman–Crippen LogP) is 4.80. The van der Waals surface area contributed by atoms with Crippen molar-refractivity contribution < 1.29 is 28.2 Å². The molecule has 8 heteroatoms. The average Bonchev–Trinajstić information content (AvgIpc) is 3.19. The number of esters is 1. The molecule has 0 radical (unpaired) electrons. The number of β-amino-alcohol motifs (C(OH)–C–C–N with tert-alkyl or cyclic N) is 1. The average molecular weight is 512 g/mol. The molecule has 2 aromatic rings. The Balaban J connectivity index is 0.00000432. The third-order valence-corrected chi connectivity index (χ3v) is 6.16. The van der Waals surface area contributed by atoms with E-state index >= 15 is 0 Å². The van der Waals surface area contributed by atoms with E-state index in [1.165, 1.54) is 17.2 Å². The summed E-state index contributed by atoms with van der Waals surface area (Å²) in [6.45, 7) is 6.25. The summed E-state index contributed by atoms with van der Waals surface area (Å²) >= 11 is 0. The molecule has 0 aromatic heterocycles. The van der Waals surface area contributed by atoms with Crippen LogP contribution >= 0.6 is 12.4 Å². The summed E-state index contributed by atoms with van der Waals surface area (Å²) in [5.74, 6) is -2.30. The summed E-state index contributed by atoms with van der Waals surface area (Å²) in [5, 5.41) is 13.8. The van der Waals surface area contributed by atoms with E-state index in [1.54, 1.807) is 6.92 Å². The predicted molar refractivity (Wildman–Crippen MR) is 134 cm³/mol. The van der Waals surface area contributed by atoms with Crippen LogP contribution < -0.4 is 10.1 Å². The zero-order valence-corrected chi connectivity index (χ0v) is 21.4. The van der Waals surface area contributed by atoms with Gasteiger partial charge in [0.2, 0.25) is 5.82 Å². The number of hydrogen-bond acceptors (Lipinski definition) is 5. The largest absolute Gasteiger partial charge is 0.488 e. The van der Waals surface area contributed by atoms with Crippen LogP contribution in [0.5, 0.6) is 5.75 Å². The van der Waals surface area contributed by atoms with Crippen LogP contribution in [0, 0.1) is 17.6 Å². The number of aliphatic hydroxyl groups excluding tert-OH is 1. The molecule has 0 aliphatic heterocycles. The van der Waals surface area contributed by atoms with Gasteiger partial charge in [-0.15, -0.1) is 12.4 Å². The van der Waals surface area contributed by atoms with Crippen molar-refractivity contribution in [2.24, 2.45) is 5.92 Å². The minimum absolute atomic E-state index is 0. The highest BCUT2D eigenvalue weighted by Gasteiger charge is 2.28. The first-order valence-electron chi connectivity index (χ1n) is 11.9. The van der Waals surface area contributed by atoms with E-state index < -0.39 is 23.7 Å². The van der Waals surface area contributed by atoms with Crippen LogP contribution in [0.25, 0.3) is 0 Å². The Kier molecular flexibility index (Phi) is 10.9.